The van der Waals surface area contributed by atoms with E-state index < -0.39 is 12.0 Å². The molecule has 0 radical (unpaired) electrons. The smallest absolute Gasteiger partial charge is 0.322 e. The quantitative estimate of drug-likeness (QED) is 0.855. The van der Waals surface area contributed by atoms with E-state index in [-0.39, 0.29) is 10.1 Å². The van der Waals surface area contributed by atoms with Gasteiger partial charge in [0.15, 0.2) is 0 Å². The lowest BCUT2D eigenvalue weighted by atomic mass is 10.0. The third kappa shape index (κ3) is 1.99. The molecule has 2 N–H and O–H groups in total. The number of carbonyl (C=O) groups is 1. The molecule has 2 heterocycles. The van der Waals surface area contributed by atoms with Crippen LogP contribution in [0.25, 0.3) is 0 Å². The summed E-state index contributed by atoms with van der Waals surface area (Å²) in [7, 11) is 0. The number of thiophene rings is 1. The first-order chi connectivity index (χ1) is 7.42. The van der Waals surface area contributed by atoms with Crippen molar-refractivity contribution < 1.29 is 9.90 Å². The molecule has 16 heavy (non-hydrogen) atoms. The predicted molar refractivity (Wildman–Crippen MR) is 68.0 cm³/mol. The summed E-state index contributed by atoms with van der Waals surface area (Å²) in [6, 6.07) is 1.59. The van der Waals surface area contributed by atoms with Crippen molar-refractivity contribution >= 4 is 29.1 Å². The highest BCUT2D eigenvalue weighted by Gasteiger charge is 2.46. The monoisotopic (exact) mass is 257 g/mol. The molecule has 2 rings (SSSR count). The first kappa shape index (κ1) is 12.0. The molecule has 88 valence electrons. The largest absolute Gasteiger partial charge is 0.480 e. The van der Waals surface area contributed by atoms with Gasteiger partial charge in [0, 0.05) is 9.62 Å². The van der Waals surface area contributed by atoms with Crippen LogP contribution in [-0.2, 0) is 4.79 Å². The fourth-order valence-corrected chi connectivity index (χ4v) is 4.49. The lowest BCUT2D eigenvalue weighted by molar-refractivity contribution is -0.139. The van der Waals surface area contributed by atoms with Gasteiger partial charge < -0.3 is 5.11 Å². The predicted octanol–water partition coefficient (Wildman–Crippen LogP) is 2.62. The lowest BCUT2D eigenvalue weighted by Crippen LogP contribution is -2.43. The topological polar surface area (TPSA) is 49.3 Å². The van der Waals surface area contributed by atoms with Crippen molar-refractivity contribution in [1.82, 2.24) is 5.32 Å². The Morgan fingerprint density at radius 3 is 2.69 bits per heavy atom. The van der Waals surface area contributed by atoms with E-state index in [4.69, 9.17) is 5.11 Å². The molecule has 0 aromatic carbocycles. The average Bonchev–Trinajstić information content (AvgIpc) is 2.68. The second kappa shape index (κ2) is 4.05. The Hall–Kier alpha value is -0.520. The van der Waals surface area contributed by atoms with Gasteiger partial charge in [-0.25, -0.2) is 0 Å². The Labute approximate surface area is 103 Å². The molecule has 0 aliphatic carbocycles. The fraction of sp³-hybridized carbons (Fsp3) is 0.545. The Morgan fingerprint density at radius 1 is 1.56 bits per heavy atom. The SMILES string of the molecule is Cc1ccsc1C1NC(C(=O)O)C(C)(C)S1. The van der Waals surface area contributed by atoms with E-state index >= 15 is 0 Å². The number of nitrogens with one attached hydrogen (secondary N) is 1. The minimum Gasteiger partial charge on any atom is -0.480 e. The van der Waals surface area contributed by atoms with Crippen LogP contribution in [0.4, 0.5) is 0 Å². The first-order valence-corrected chi connectivity index (χ1v) is 6.88. The van der Waals surface area contributed by atoms with Crippen LogP contribution in [0.3, 0.4) is 0 Å². The molecule has 0 amide bonds. The first-order valence-electron chi connectivity index (χ1n) is 5.12. The molecule has 0 bridgehead atoms. The van der Waals surface area contributed by atoms with E-state index in [0.717, 1.165) is 0 Å². The number of carboxylic acids is 1. The van der Waals surface area contributed by atoms with Gasteiger partial charge in [0.25, 0.3) is 0 Å². The molecule has 1 aromatic rings. The van der Waals surface area contributed by atoms with Crippen LogP contribution in [0.2, 0.25) is 0 Å². The Bertz CT molecular complexity index is 414. The molecule has 2 atom stereocenters. The van der Waals surface area contributed by atoms with Gasteiger partial charge in [-0.05, 0) is 37.8 Å². The minimum atomic E-state index is -0.769. The second-order valence-corrected chi connectivity index (χ2v) is 7.21. The standard InChI is InChI=1S/C11H15NO2S2/c1-6-4-5-15-7(6)9-12-8(10(13)14)11(2,3)16-9/h4-5,8-9,12H,1-3H3,(H,13,14). The van der Waals surface area contributed by atoms with Crippen molar-refractivity contribution in [2.75, 3.05) is 0 Å². The van der Waals surface area contributed by atoms with Crippen molar-refractivity contribution in [1.29, 1.82) is 0 Å². The summed E-state index contributed by atoms with van der Waals surface area (Å²) in [4.78, 5) is 12.4. The summed E-state index contributed by atoms with van der Waals surface area (Å²) in [6.45, 7) is 6.02. The van der Waals surface area contributed by atoms with E-state index in [0.29, 0.717) is 0 Å². The van der Waals surface area contributed by atoms with Gasteiger partial charge in [-0.2, -0.15) is 0 Å². The third-order valence-corrected chi connectivity index (χ3v) is 5.51. The zero-order valence-corrected chi connectivity index (χ0v) is 11.1. The van der Waals surface area contributed by atoms with Gasteiger partial charge in [-0.1, -0.05) is 0 Å². The van der Waals surface area contributed by atoms with Gasteiger partial charge in [0.05, 0.1) is 5.37 Å². The van der Waals surface area contributed by atoms with Crippen LogP contribution in [-0.4, -0.2) is 21.9 Å². The average molecular weight is 257 g/mol. The Kier molecular flexibility index (Phi) is 3.03. The van der Waals surface area contributed by atoms with E-state index in [9.17, 15) is 4.79 Å². The maximum Gasteiger partial charge on any atom is 0.322 e. The third-order valence-electron chi connectivity index (χ3n) is 2.82. The highest BCUT2D eigenvalue weighted by Crippen LogP contribution is 2.47. The van der Waals surface area contributed by atoms with E-state index in [1.54, 1.807) is 23.1 Å². The Morgan fingerprint density at radius 2 is 2.25 bits per heavy atom. The zero-order chi connectivity index (χ0) is 11.9. The molecule has 2 unspecified atom stereocenters. The summed E-state index contributed by atoms with van der Waals surface area (Å²) in [5, 5.41) is 14.5. The zero-order valence-electron chi connectivity index (χ0n) is 9.48. The molecule has 1 aromatic heterocycles. The van der Waals surface area contributed by atoms with Gasteiger partial charge in [-0.3, -0.25) is 10.1 Å². The maximum atomic E-state index is 11.1. The number of aliphatic carboxylic acids is 1. The van der Waals surface area contributed by atoms with Crippen molar-refractivity contribution in [3.05, 3.63) is 21.9 Å². The molecule has 3 nitrogen and oxygen atoms in total. The number of rotatable bonds is 2. The molecule has 1 aliphatic rings. The molecule has 1 fully saturated rings. The molecular formula is C11H15NO2S2. The maximum absolute atomic E-state index is 11.1. The van der Waals surface area contributed by atoms with Gasteiger partial charge in [0.1, 0.15) is 6.04 Å². The number of carboxylic acid groups (broad SMARTS) is 1. The van der Waals surface area contributed by atoms with Crippen LogP contribution in [0.15, 0.2) is 11.4 Å². The Balaban J connectivity index is 2.24. The molecule has 1 saturated heterocycles. The van der Waals surface area contributed by atoms with E-state index in [1.807, 2.05) is 19.2 Å². The van der Waals surface area contributed by atoms with Crippen molar-refractivity contribution in [3.63, 3.8) is 0 Å². The number of aryl methyl sites for hydroxylation is 1. The summed E-state index contributed by atoms with van der Waals surface area (Å²) >= 11 is 3.38. The molecular weight excluding hydrogens is 242 g/mol. The molecule has 0 saturated carbocycles. The highest BCUT2D eigenvalue weighted by molar-refractivity contribution is 8.01. The lowest BCUT2D eigenvalue weighted by Gasteiger charge is -2.20. The van der Waals surface area contributed by atoms with E-state index in [2.05, 4.69) is 18.3 Å². The number of hydrogen-bond donors (Lipinski definition) is 2. The summed E-state index contributed by atoms with van der Waals surface area (Å²) in [5.74, 6) is -0.769. The van der Waals surface area contributed by atoms with Crippen molar-refractivity contribution in [2.24, 2.45) is 0 Å². The highest BCUT2D eigenvalue weighted by atomic mass is 32.2. The van der Waals surface area contributed by atoms with Crippen LogP contribution in [0, 0.1) is 6.92 Å². The molecule has 0 spiro atoms. The van der Waals surface area contributed by atoms with E-state index in [1.165, 1.54) is 10.4 Å². The summed E-state index contributed by atoms with van der Waals surface area (Å²) < 4.78 is -0.271. The fourth-order valence-electron chi connectivity index (χ4n) is 1.91. The molecule has 5 heteroatoms. The van der Waals surface area contributed by atoms with Gasteiger partial charge >= 0.3 is 5.97 Å². The second-order valence-electron chi connectivity index (χ2n) is 4.51. The summed E-state index contributed by atoms with van der Waals surface area (Å²) in [5.41, 5.74) is 1.23. The van der Waals surface area contributed by atoms with Crippen molar-refractivity contribution in [3.8, 4) is 0 Å². The minimum absolute atomic E-state index is 0.107. The van der Waals surface area contributed by atoms with Crippen LogP contribution in [0.5, 0.6) is 0 Å². The van der Waals surface area contributed by atoms with Crippen LogP contribution >= 0.6 is 23.1 Å². The van der Waals surface area contributed by atoms with Crippen LogP contribution in [0.1, 0.15) is 29.7 Å². The molecule has 1 aliphatic heterocycles. The van der Waals surface area contributed by atoms with Gasteiger partial charge in [-0.15, -0.1) is 23.1 Å². The van der Waals surface area contributed by atoms with Crippen molar-refractivity contribution in [2.45, 2.75) is 36.9 Å². The number of hydrogen-bond acceptors (Lipinski definition) is 4. The number of thioether (sulfide) groups is 1. The normalized spacial score (nSPS) is 28.2. The van der Waals surface area contributed by atoms with Crippen LogP contribution < -0.4 is 5.32 Å². The summed E-state index contributed by atoms with van der Waals surface area (Å²) in [6.07, 6.45) is 0. The van der Waals surface area contributed by atoms with Gasteiger partial charge in [0.2, 0.25) is 0 Å².